The summed E-state index contributed by atoms with van der Waals surface area (Å²) in [4.78, 5) is 12.3. The van der Waals surface area contributed by atoms with Gasteiger partial charge in [-0.2, -0.15) is 0 Å². The van der Waals surface area contributed by atoms with Crippen molar-refractivity contribution in [2.45, 2.75) is 44.6 Å². The second-order valence-electron chi connectivity index (χ2n) is 7.16. The van der Waals surface area contributed by atoms with Crippen LogP contribution in [0.5, 0.6) is 5.75 Å². The van der Waals surface area contributed by atoms with E-state index in [1.54, 1.807) is 7.11 Å². The summed E-state index contributed by atoms with van der Waals surface area (Å²) in [6.07, 6.45) is 5.81. The number of benzene rings is 1. The average molecular weight is 298 g/mol. The molecule has 3 nitrogen and oxygen atoms in total. The first kappa shape index (κ1) is 14.0. The van der Waals surface area contributed by atoms with E-state index in [-0.39, 0.29) is 11.7 Å². The Hall–Kier alpha value is -1.61. The molecule has 3 aliphatic rings. The first-order valence-corrected chi connectivity index (χ1v) is 8.12. The summed E-state index contributed by atoms with van der Waals surface area (Å²) in [5, 5.41) is 11.4. The SMILES string of the molecule is COc1ccc2c(c1)CC[C@H]1C2=CC[C@]2(C)C(=O)CC[C@]12O. The third kappa shape index (κ3) is 1.58. The number of hydrogen-bond acceptors (Lipinski definition) is 3. The zero-order valence-electron chi connectivity index (χ0n) is 13.2. The number of carbonyl (C=O) groups is 1. The average Bonchev–Trinajstić information content (AvgIpc) is 2.78. The summed E-state index contributed by atoms with van der Waals surface area (Å²) < 4.78 is 5.32. The van der Waals surface area contributed by atoms with E-state index in [0.717, 1.165) is 18.6 Å². The van der Waals surface area contributed by atoms with Crippen LogP contribution in [0.3, 0.4) is 0 Å². The summed E-state index contributed by atoms with van der Waals surface area (Å²) in [5.74, 6) is 1.19. The molecule has 1 N–H and O–H groups in total. The molecular formula is C19H22O3. The summed E-state index contributed by atoms with van der Waals surface area (Å²) in [6, 6.07) is 6.19. The van der Waals surface area contributed by atoms with Gasteiger partial charge in [-0.25, -0.2) is 0 Å². The zero-order valence-corrected chi connectivity index (χ0v) is 13.2. The van der Waals surface area contributed by atoms with E-state index in [1.807, 2.05) is 13.0 Å². The standard InChI is InChI=1S/C19H22O3/c1-18-9-7-15-14-5-4-13(22-2)11-12(14)3-6-16(15)19(18,21)10-8-17(18)20/h4-5,7,11,16,21H,3,6,8-10H2,1-2H3/t16-,18+,19-/m0/s1. The van der Waals surface area contributed by atoms with E-state index >= 15 is 0 Å². The molecule has 22 heavy (non-hydrogen) atoms. The summed E-state index contributed by atoms with van der Waals surface area (Å²) in [5.41, 5.74) is 2.29. The highest BCUT2D eigenvalue weighted by molar-refractivity contribution is 5.91. The molecule has 116 valence electrons. The third-order valence-electron chi connectivity index (χ3n) is 6.31. The van der Waals surface area contributed by atoms with Gasteiger partial charge in [0.2, 0.25) is 0 Å². The number of Topliss-reactive ketones (excluding diaryl/α,β-unsaturated/α-hetero) is 1. The van der Waals surface area contributed by atoms with Crippen molar-refractivity contribution in [2.24, 2.45) is 11.3 Å². The molecular weight excluding hydrogens is 276 g/mol. The maximum Gasteiger partial charge on any atom is 0.142 e. The molecule has 0 radical (unpaired) electrons. The Labute approximate surface area is 131 Å². The van der Waals surface area contributed by atoms with Crippen LogP contribution >= 0.6 is 0 Å². The van der Waals surface area contributed by atoms with Crippen molar-refractivity contribution in [3.05, 3.63) is 35.4 Å². The molecule has 0 heterocycles. The molecule has 3 heteroatoms. The Bertz CT molecular complexity index is 690. The van der Waals surface area contributed by atoms with Crippen molar-refractivity contribution in [2.75, 3.05) is 7.11 Å². The number of ketones is 1. The normalized spacial score (nSPS) is 36.2. The predicted octanol–water partition coefficient (Wildman–Crippen LogP) is 3.15. The van der Waals surface area contributed by atoms with Crippen LogP contribution in [-0.4, -0.2) is 23.6 Å². The highest BCUT2D eigenvalue weighted by atomic mass is 16.5. The van der Waals surface area contributed by atoms with Crippen molar-refractivity contribution in [1.82, 2.24) is 0 Å². The molecule has 0 saturated heterocycles. The molecule has 0 amide bonds. The van der Waals surface area contributed by atoms with E-state index in [4.69, 9.17) is 4.74 Å². The first-order chi connectivity index (χ1) is 10.5. The van der Waals surface area contributed by atoms with E-state index in [2.05, 4.69) is 18.2 Å². The summed E-state index contributed by atoms with van der Waals surface area (Å²) in [7, 11) is 1.69. The number of aryl methyl sites for hydroxylation is 1. The quantitative estimate of drug-likeness (QED) is 0.866. The Morgan fingerprint density at radius 2 is 2.14 bits per heavy atom. The molecule has 0 bridgehead atoms. The molecule has 0 unspecified atom stereocenters. The fraction of sp³-hybridized carbons (Fsp3) is 0.526. The van der Waals surface area contributed by atoms with Gasteiger partial charge < -0.3 is 9.84 Å². The van der Waals surface area contributed by atoms with Gasteiger partial charge in [0.1, 0.15) is 11.5 Å². The molecule has 3 atom stereocenters. The van der Waals surface area contributed by atoms with Gasteiger partial charge in [0, 0.05) is 12.3 Å². The summed E-state index contributed by atoms with van der Waals surface area (Å²) >= 11 is 0. The lowest BCUT2D eigenvalue weighted by Crippen LogP contribution is -2.53. The van der Waals surface area contributed by atoms with Gasteiger partial charge in [0.05, 0.1) is 18.1 Å². The molecule has 1 fully saturated rings. The molecule has 1 aromatic carbocycles. The molecule has 1 saturated carbocycles. The number of carbonyl (C=O) groups excluding carboxylic acids is 1. The fourth-order valence-corrected chi connectivity index (χ4v) is 4.84. The van der Waals surface area contributed by atoms with Crippen LogP contribution in [-0.2, 0) is 11.2 Å². The molecule has 3 aliphatic carbocycles. The van der Waals surface area contributed by atoms with Crippen molar-refractivity contribution in [1.29, 1.82) is 0 Å². The van der Waals surface area contributed by atoms with Gasteiger partial charge in [-0.15, -0.1) is 0 Å². The maximum absolute atomic E-state index is 12.3. The first-order valence-electron chi connectivity index (χ1n) is 8.12. The highest BCUT2D eigenvalue weighted by Crippen LogP contribution is 2.59. The Kier molecular flexibility index (Phi) is 2.83. The Morgan fingerprint density at radius 1 is 1.32 bits per heavy atom. The lowest BCUT2D eigenvalue weighted by molar-refractivity contribution is -0.140. The Balaban J connectivity index is 1.83. The highest BCUT2D eigenvalue weighted by Gasteiger charge is 2.62. The van der Waals surface area contributed by atoms with Crippen molar-refractivity contribution < 1.29 is 14.6 Å². The number of aliphatic hydroxyl groups is 1. The van der Waals surface area contributed by atoms with Gasteiger partial charge in [0.15, 0.2) is 0 Å². The molecule has 4 rings (SSSR count). The van der Waals surface area contributed by atoms with Crippen LogP contribution < -0.4 is 4.74 Å². The second kappa shape index (κ2) is 4.45. The lowest BCUT2D eigenvalue weighted by atomic mass is 9.57. The van der Waals surface area contributed by atoms with Crippen molar-refractivity contribution in [3.63, 3.8) is 0 Å². The fourth-order valence-electron chi connectivity index (χ4n) is 4.84. The number of ether oxygens (including phenoxy) is 1. The monoisotopic (exact) mass is 298 g/mol. The van der Waals surface area contributed by atoms with Crippen LogP contribution in [0.15, 0.2) is 24.3 Å². The summed E-state index contributed by atoms with van der Waals surface area (Å²) in [6.45, 7) is 1.96. The van der Waals surface area contributed by atoms with Gasteiger partial charge in [-0.1, -0.05) is 12.1 Å². The van der Waals surface area contributed by atoms with Crippen LogP contribution in [0.4, 0.5) is 0 Å². The molecule has 1 aromatic rings. The minimum atomic E-state index is -0.869. The van der Waals surface area contributed by atoms with Gasteiger partial charge in [0.25, 0.3) is 0 Å². The van der Waals surface area contributed by atoms with Gasteiger partial charge in [-0.3, -0.25) is 4.79 Å². The van der Waals surface area contributed by atoms with Gasteiger partial charge >= 0.3 is 0 Å². The van der Waals surface area contributed by atoms with E-state index in [0.29, 0.717) is 19.3 Å². The number of rotatable bonds is 1. The second-order valence-corrected chi connectivity index (χ2v) is 7.16. The van der Waals surface area contributed by atoms with Crippen LogP contribution in [0.2, 0.25) is 0 Å². The van der Waals surface area contributed by atoms with Crippen LogP contribution in [0.1, 0.15) is 43.7 Å². The van der Waals surface area contributed by atoms with Crippen molar-refractivity contribution in [3.8, 4) is 5.75 Å². The van der Waals surface area contributed by atoms with Crippen molar-refractivity contribution >= 4 is 11.4 Å². The number of methoxy groups -OCH3 is 1. The Morgan fingerprint density at radius 3 is 2.91 bits per heavy atom. The van der Waals surface area contributed by atoms with E-state index in [9.17, 15) is 9.90 Å². The zero-order chi connectivity index (χ0) is 15.5. The van der Waals surface area contributed by atoms with Crippen LogP contribution in [0.25, 0.3) is 5.57 Å². The smallest absolute Gasteiger partial charge is 0.142 e. The molecule has 0 aliphatic heterocycles. The van der Waals surface area contributed by atoms with Crippen LogP contribution in [0, 0.1) is 11.3 Å². The van der Waals surface area contributed by atoms with Gasteiger partial charge in [-0.05, 0) is 61.4 Å². The molecule has 0 aromatic heterocycles. The van der Waals surface area contributed by atoms with E-state index in [1.165, 1.54) is 16.7 Å². The number of hydrogen-bond donors (Lipinski definition) is 1. The van der Waals surface area contributed by atoms with E-state index < -0.39 is 11.0 Å². The minimum absolute atomic E-state index is 0.0820. The predicted molar refractivity (Wildman–Crippen MR) is 84.7 cm³/mol. The number of allylic oxidation sites excluding steroid dienone is 1. The third-order valence-corrected chi connectivity index (χ3v) is 6.31. The number of fused-ring (bicyclic) bond motifs is 5. The lowest BCUT2D eigenvalue weighted by Gasteiger charge is -2.49. The molecule has 0 spiro atoms. The topological polar surface area (TPSA) is 46.5 Å². The maximum atomic E-state index is 12.3. The minimum Gasteiger partial charge on any atom is -0.497 e. The largest absolute Gasteiger partial charge is 0.497 e.